The topological polar surface area (TPSA) is 131 Å². The SMILES string of the molecule is CC(C)C(Nc1nc(N)n2nc(-c3ccco3)nc2n1)C(=O)N1CCN(Cc2ccc(F)cc2F)CC1. The monoisotopic (exact) mass is 511 g/mol. The van der Waals surface area contributed by atoms with Crippen molar-refractivity contribution < 1.29 is 18.0 Å². The molecular weight excluding hydrogens is 484 g/mol. The lowest BCUT2D eigenvalue weighted by Crippen LogP contribution is -2.53. The number of furan rings is 1. The van der Waals surface area contributed by atoms with E-state index in [1.807, 2.05) is 18.7 Å². The second-order valence-electron chi connectivity index (χ2n) is 9.23. The number of hydrogen-bond acceptors (Lipinski definition) is 9. The summed E-state index contributed by atoms with van der Waals surface area (Å²) >= 11 is 0. The van der Waals surface area contributed by atoms with E-state index in [2.05, 4.69) is 25.4 Å². The largest absolute Gasteiger partial charge is 0.461 e. The molecule has 1 aliphatic heterocycles. The van der Waals surface area contributed by atoms with E-state index < -0.39 is 17.7 Å². The Balaban J connectivity index is 1.26. The molecule has 11 nitrogen and oxygen atoms in total. The summed E-state index contributed by atoms with van der Waals surface area (Å²) in [4.78, 5) is 30.2. The average molecular weight is 512 g/mol. The van der Waals surface area contributed by atoms with Gasteiger partial charge in [0.25, 0.3) is 5.78 Å². The first-order valence-corrected chi connectivity index (χ1v) is 11.9. The van der Waals surface area contributed by atoms with Crippen molar-refractivity contribution in [2.45, 2.75) is 26.4 Å². The zero-order valence-corrected chi connectivity index (χ0v) is 20.4. The van der Waals surface area contributed by atoms with Gasteiger partial charge in [-0.05, 0) is 24.1 Å². The van der Waals surface area contributed by atoms with Gasteiger partial charge < -0.3 is 20.4 Å². The Kier molecular flexibility index (Phi) is 6.70. The summed E-state index contributed by atoms with van der Waals surface area (Å²) in [6, 6.07) is 6.44. The Morgan fingerprint density at radius 3 is 2.59 bits per heavy atom. The van der Waals surface area contributed by atoms with Gasteiger partial charge in [0.2, 0.25) is 23.6 Å². The minimum atomic E-state index is -0.601. The van der Waals surface area contributed by atoms with Gasteiger partial charge in [-0.15, -0.1) is 5.10 Å². The number of benzene rings is 1. The van der Waals surface area contributed by atoms with Gasteiger partial charge in [-0.25, -0.2) is 8.78 Å². The number of nitrogen functional groups attached to an aromatic ring is 1. The number of carbonyl (C=O) groups is 1. The van der Waals surface area contributed by atoms with Gasteiger partial charge in [0, 0.05) is 44.4 Å². The number of anilines is 2. The number of nitrogens with one attached hydrogen (secondary N) is 1. The molecule has 1 aromatic carbocycles. The van der Waals surface area contributed by atoms with Crippen molar-refractivity contribution >= 4 is 23.6 Å². The van der Waals surface area contributed by atoms with Crippen molar-refractivity contribution in [1.29, 1.82) is 0 Å². The zero-order chi connectivity index (χ0) is 26.1. The molecule has 0 bridgehead atoms. The molecule has 5 rings (SSSR count). The lowest BCUT2D eigenvalue weighted by atomic mass is 10.0. The predicted octanol–water partition coefficient (Wildman–Crippen LogP) is 2.42. The highest BCUT2D eigenvalue weighted by molar-refractivity contribution is 5.84. The third-order valence-corrected chi connectivity index (χ3v) is 6.29. The summed E-state index contributed by atoms with van der Waals surface area (Å²) in [5.74, 6) is -0.0976. The first-order chi connectivity index (χ1) is 17.8. The average Bonchev–Trinajstić information content (AvgIpc) is 3.54. The Morgan fingerprint density at radius 2 is 1.92 bits per heavy atom. The number of fused-ring (bicyclic) bond motifs is 1. The molecule has 13 heteroatoms. The van der Waals surface area contributed by atoms with Crippen LogP contribution >= 0.6 is 0 Å². The molecule has 1 saturated heterocycles. The fraction of sp³-hybridized carbons (Fsp3) is 0.375. The fourth-order valence-corrected chi connectivity index (χ4v) is 4.25. The van der Waals surface area contributed by atoms with Crippen molar-refractivity contribution in [3.63, 3.8) is 0 Å². The third-order valence-electron chi connectivity index (χ3n) is 6.29. The number of halogens is 2. The Labute approximate surface area is 211 Å². The molecule has 1 aliphatic rings. The molecule has 0 spiro atoms. The number of nitrogens with two attached hydrogens (primary N) is 1. The molecule has 0 aliphatic carbocycles. The first kappa shape index (κ1) is 24.6. The maximum Gasteiger partial charge on any atom is 0.259 e. The van der Waals surface area contributed by atoms with Crippen LogP contribution in [0.15, 0.2) is 41.0 Å². The smallest absolute Gasteiger partial charge is 0.259 e. The minimum Gasteiger partial charge on any atom is -0.461 e. The molecule has 4 aromatic rings. The van der Waals surface area contributed by atoms with Crippen LogP contribution in [0.1, 0.15) is 19.4 Å². The Morgan fingerprint density at radius 1 is 1.14 bits per heavy atom. The molecule has 1 fully saturated rings. The quantitative estimate of drug-likeness (QED) is 0.384. The van der Waals surface area contributed by atoms with Crippen LogP contribution in [0.5, 0.6) is 0 Å². The van der Waals surface area contributed by atoms with Crippen LogP contribution in [0.25, 0.3) is 17.4 Å². The van der Waals surface area contributed by atoms with Gasteiger partial charge in [-0.2, -0.15) is 19.5 Å². The summed E-state index contributed by atoms with van der Waals surface area (Å²) in [7, 11) is 0. The number of nitrogens with zero attached hydrogens (tertiary/aromatic N) is 7. The predicted molar refractivity (Wildman–Crippen MR) is 131 cm³/mol. The van der Waals surface area contributed by atoms with Crippen molar-refractivity contribution in [2.75, 3.05) is 37.2 Å². The summed E-state index contributed by atoms with van der Waals surface area (Å²) < 4.78 is 33.9. The van der Waals surface area contributed by atoms with E-state index in [4.69, 9.17) is 10.2 Å². The standard InChI is InChI=1S/C24H27F2N9O2/c1-14(2)19(21(36)34-9-7-33(8-10-34)13-15-5-6-16(25)12-17(15)26)28-23-30-22(27)35-24(31-23)29-20(32-35)18-4-3-11-37-18/h3-6,11-12,14,19H,7-10,13H2,1-2H3,(H3,27,28,29,30,31,32). The highest BCUT2D eigenvalue weighted by Gasteiger charge is 2.30. The number of aromatic nitrogens is 5. The van der Waals surface area contributed by atoms with E-state index in [1.54, 1.807) is 17.0 Å². The van der Waals surface area contributed by atoms with Crippen LogP contribution in [0.2, 0.25) is 0 Å². The van der Waals surface area contributed by atoms with Crippen LogP contribution in [-0.4, -0.2) is 72.5 Å². The van der Waals surface area contributed by atoms with Crippen molar-refractivity contribution in [1.82, 2.24) is 34.4 Å². The van der Waals surface area contributed by atoms with Crippen LogP contribution in [0, 0.1) is 17.6 Å². The summed E-state index contributed by atoms with van der Waals surface area (Å²) in [5.41, 5.74) is 6.51. The lowest BCUT2D eigenvalue weighted by molar-refractivity contribution is -0.134. The zero-order valence-electron chi connectivity index (χ0n) is 20.4. The first-order valence-electron chi connectivity index (χ1n) is 11.9. The van der Waals surface area contributed by atoms with Gasteiger partial charge in [0.15, 0.2) is 5.76 Å². The van der Waals surface area contributed by atoms with E-state index in [1.165, 1.54) is 22.9 Å². The van der Waals surface area contributed by atoms with Crippen LogP contribution in [0.3, 0.4) is 0 Å². The van der Waals surface area contributed by atoms with E-state index in [0.29, 0.717) is 49.9 Å². The number of piperazine rings is 1. The van der Waals surface area contributed by atoms with E-state index in [0.717, 1.165) is 6.07 Å². The van der Waals surface area contributed by atoms with E-state index in [-0.39, 0.29) is 29.5 Å². The third kappa shape index (κ3) is 5.21. The van der Waals surface area contributed by atoms with Gasteiger partial charge in [0.1, 0.15) is 17.7 Å². The van der Waals surface area contributed by atoms with E-state index >= 15 is 0 Å². The van der Waals surface area contributed by atoms with Crippen LogP contribution < -0.4 is 11.1 Å². The van der Waals surface area contributed by atoms with Crippen molar-refractivity contribution in [3.8, 4) is 11.6 Å². The number of amides is 1. The second kappa shape index (κ2) is 10.1. The highest BCUT2D eigenvalue weighted by atomic mass is 19.1. The molecule has 37 heavy (non-hydrogen) atoms. The molecule has 3 aromatic heterocycles. The maximum atomic E-state index is 14.0. The van der Waals surface area contributed by atoms with Gasteiger partial charge in [0.05, 0.1) is 6.26 Å². The normalized spacial score (nSPS) is 15.4. The summed E-state index contributed by atoms with van der Waals surface area (Å²) in [6.45, 7) is 6.30. The molecule has 194 valence electrons. The van der Waals surface area contributed by atoms with Crippen molar-refractivity contribution in [2.24, 2.45) is 5.92 Å². The molecule has 1 atom stereocenters. The fourth-order valence-electron chi connectivity index (χ4n) is 4.25. The van der Waals surface area contributed by atoms with E-state index in [9.17, 15) is 13.6 Å². The van der Waals surface area contributed by atoms with Crippen LogP contribution in [-0.2, 0) is 11.3 Å². The molecule has 0 radical (unpaired) electrons. The highest BCUT2D eigenvalue weighted by Crippen LogP contribution is 2.20. The van der Waals surface area contributed by atoms with Gasteiger partial charge >= 0.3 is 0 Å². The number of hydrogen-bond donors (Lipinski definition) is 2. The number of rotatable bonds is 7. The number of carbonyl (C=O) groups excluding carboxylic acids is 1. The van der Waals surface area contributed by atoms with Crippen LogP contribution in [0.4, 0.5) is 20.7 Å². The molecule has 1 unspecified atom stereocenters. The van der Waals surface area contributed by atoms with Gasteiger partial charge in [-0.1, -0.05) is 19.9 Å². The van der Waals surface area contributed by atoms with Gasteiger partial charge in [-0.3, -0.25) is 9.69 Å². The Hall–Kier alpha value is -4.13. The minimum absolute atomic E-state index is 0.0643. The molecule has 0 saturated carbocycles. The molecular formula is C24H27F2N9O2. The summed E-state index contributed by atoms with van der Waals surface area (Å²) in [5, 5.41) is 7.40. The molecule has 1 amide bonds. The van der Waals surface area contributed by atoms with Crippen molar-refractivity contribution in [3.05, 3.63) is 53.8 Å². The Bertz CT molecular complexity index is 1400. The molecule has 3 N–H and O–H groups in total. The lowest BCUT2D eigenvalue weighted by Gasteiger charge is -2.37. The molecule has 4 heterocycles. The maximum absolute atomic E-state index is 14.0. The summed E-state index contributed by atoms with van der Waals surface area (Å²) in [6.07, 6.45) is 1.52. The second-order valence-corrected chi connectivity index (χ2v) is 9.23.